The first kappa shape index (κ1) is 25.7. The van der Waals surface area contributed by atoms with E-state index in [0.717, 1.165) is 12.2 Å². The van der Waals surface area contributed by atoms with Gasteiger partial charge in [-0.15, -0.1) is 0 Å². The molecule has 9 heteroatoms. The molecule has 1 aromatic rings. The van der Waals surface area contributed by atoms with Crippen LogP contribution in [0.4, 0.5) is 9.59 Å². The lowest BCUT2D eigenvalue weighted by molar-refractivity contribution is 0.0263. The van der Waals surface area contributed by atoms with Crippen LogP contribution in [0.5, 0.6) is 5.75 Å². The molecule has 32 heavy (non-hydrogen) atoms. The Labute approximate surface area is 190 Å². The summed E-state index contributed by atoms with van der Waals surface area (Å²) < 4.78 is 16.3. The minimum atomic E-state index is -0.459. The molecule has 0 aliphatic carbocycles. The molecule has 0 bridgehead atoms. The van der Waals surface area contributed by atoms with Crippen molar-refractivity contribution in [3.63, 3.8) is 0 Å². The second kappa shape index (κ2) is 10.8. The molecule has 2 aliphatic rings. The quantitative estimate of drug-likeness (QED) is 0.735. The van der Waals surface area contributed by atoms with Gasteiger partial charge < -0.3 is 29.1 Å². The van der Waals surface area contributed by atoms with Crippen LogP contribution in [0.3, 0.4) is 0 Å². The van der Waals surface area contributed by atoms with Crippen LogP contribution in [0.1, 0.15) is 54.4 Å². The maximum absolute atomic E-state index is 11.9. The third-order valence-corrected chi connectivity index (χ3v) is 4.55. The van der Waals surface area contributed by atoms with Gasteiger partial charge in [0.2, 0.25) is 0 Å². The maximum Gasteiger partial charge on any atom is 0.410 e. The van der Waals surface area contributed by atoms with Gasteiger partial charge in [-0.05, 0) is 60.1 Å². The lowest BCUT2D eigenvalue weighted by Crippen LogP contribution is -2.36. The Balaban J connectivity index is 0.000000244. The highest BCUT2D eigenvalue weighted by molar-refractivity contribution is 5.69. The van der Waals surface area contributed by atoms with Crippen molar-refractivity contribution in [2.45, 2.75) is 77.8 Å². The molecular weight excluding hydrogens is 414 g/mol. The average Bonchev–Trinajstić information content (AvgIpc) is 3.30. The predicted octanol–water partition coefficient (Wildman–Crippen LogP) is 3.46. The van der Waals surface area contributed by atoms with Crippen molar-refractivity contribution in [1.29, 1.82) is 0 Å². The number of nitrogens with zero attached hydrogens (tertiary/aromatic N) is 3. The van der Waals surface area contributed by atoms with E-state index in [1.54, 1.807) is 17.3 Å². The zero-order valence-corrected chi connectivity index (χ0v) is 20.0. The number of likely N-dealkylation sites (tertiary alicyclic amines) is 2. The first-order chi connectivity index (χ1) is 14.8. The van der Waals surface area contributed by atoms with Gasteiger partial charge in [0.25, 0.3) is 0 Å². The molecule has 0 saturated carbocycles. The van der Waals surface area contributed by atoms with Gasteiger partial charge in [0, 0.05) is 32.3 Å². The van der Waals surface area contributed by atoms with Crippen LogP contribution >= 0.6 is 0 Å². The van der Waals surface area contributed by atoms with Crippen molar-refractivity contribution in [3.8, 4) is 5.75 Å². The number of pyridine rings is 1. The van der Waals surface area contributed by atoms with E-state index < -0.39 is 11.2 Å². The number of amides is 2. The highest BCUT2D eigenvalue weighted by atomic mass is 16.6. The van der Waals surface area contributed by atoms with E-state index in [-0.39, 0.29) is 24.4 Å². The maximum atomic E-state index is 11.9. The predicted molar refractivity (Wildman–Crippen MR) is 120 cm³/mol. The van der Waals surface area contributed by atoms with Crippen molar-refractivity contribution >= 4 is 12.2 Å². The fourth-order valence-electron chi connectivity index (χ4n) is 3.16. The lowest BCUT2D eigenvalue weighted by atomic mass is 10.2. The number of ether oxygens (including phenoxy) is 3. The minimum Gasteiger partial charge on any atom is -0.487 e. The van der Waals surface area contributed by atoms with Gasteiger partial charge in [0.1, 0.15) is 23.1 Å². The van der Waals surface area contributed by atoms with Gasteiger partial charge in [-0.25, -0.2) is 9.59 Å². The first-order valence-electron chi connectivity index (χ1n) is 11.0. The van der Waals surface area contributed by atoms with E-state index in [4.69, 9.17) is 14.2 Å². The number of aliphatic hydroxyl groups is 1. The van der Waals surface area contributed by atoms with Crippen molar-refractivity contribution < 1.29 is 28.9 Å². The summed E-state index contributed by atoms with van der Waals surface area (Å²) in [5.74, 6) is 0.735. The Morgan fingerprint density at radius 3 is 2.00 bits per heavy atom. The number of carbonyl (C=O) groups excluding carboxylic acids is 2. The summed E-state index contributed by atoms with van der Waals surface area (Å²) in [5, 5.41) is 9.20. The highest BCUT2D eigenvalue weighted by Gasteiger charge is 2.31. The largest absolute Gasteiger partial charge is 0.487 e. The summed E-state index contributed by atoms with van der Waals surface area (Å²) in [7, 11) is 0. The zero-order valence-electron chi connectivity index (χ0n) is 20.0. The smallest absolute Gasteiger partial charge is 0.410 e. The number of rotatable bonds is 2. The highest BCUT2D eigenvalue weighted by Crippen LogP contribution is 2.19. The summed E-state index contributed by atoms with van der Waals surface area (Å²) >= 11 is 0. The zero-order chi connectivity index (χ0) is 23.9. The summed E-state index contributed by atoms with van der Waals surface area (Å²) in [6.45, 7) is 13.3. The SMILES string of the molecule is CC(C)(C)OC(=O)N1CCC(O)C1.CC(C)(C)OC(=O)N1CCC(Oc2cccnc2)C1. The van der Waals surface area contributed by atoms with Gasteiger partial charge in [0.15, 0.2) is 0 Å². The standard InChI is InChI=1S/C14H20N2O3.C9H17NO3/c1-14(2,3)19-13(17)16-8-6-12(10-16)18-11-5-4-7-15-9-11;1-9(2,3)13-8(12)10-5-4-7(11)6-10/h4-5,7,9,12H,6,8,10H2,1-3H3;7,11H,4-6H2,1-3H3. The van der Waals surface area contributed by atoms with E-state index in [1.165, 1.54) is 4.90 Å². The molecule has 3 heterocycles. The Hall–Kier alpha value is -2.55. The first-order valence-corrected chi connectivity index (χ1v) is 11.0. The third-order valence-electron chi connectivity index (χ3n) is 4.55. The molecule has 1 N–H and O–H groups in total. The monoisotopic (exact) mass is 451 g/mol. The number of aliphatic hydroxyl groups excluding tert-OH is 1. The normalized spacial score (nSPS) is 21.0. The van der Waals surface area contributed by atoms with Crippen LogP contribution < -0.4 is 4.74 Å². The molecule has 0 aromatic carbocycles. The fraction of sp³-hybridized carbons (Fsp3) is 0.696. The third kappa shape index (κ3) is 9.30. The molecule has 0 radical (unpaired) electrons. The van der Waals surface area contributed by atoms with E-state index in [1.807, 2.05) is 53.7 Å². The van der Waals surface area contributed by atoms with Crippen molar-refractivity contribution in [2.75, 3.05) is 26.2 Å². The van der Waals surface area contributed by atoms with Gasteiger partial charge >= 0.3 is 12.2 Å². The van der Waals surface area contributed by atoms with Crippen LogP contribution in [0.15, 0.2) is 24.5 Å². The molecule has 1 aromatic heterocycles. The molecule has 2 aliphatic heterocycles. The van der Waals surface area contributed by atoms with Gasteiger partial charge in [-0.2, -0.15) is 0 Å². The number of hydrogen-bond donors (Lipinski definition) is 1. The molecule has 2 atom stereocenters. The lowest BCUT2D eigenvalue weighted by Gasteiger charge is -2.24. The number of carbonyl (C=O) groups is 2. The van der Waals surface area contributed by atoms with E-state index >= 15 is 0 Å². The van der Waals surface area contributed by atoms with Gasteiger partial charge in [0.05, 0.1) is 18.8 Å². The van der Waals surface area contributed by atoms with Gasteiger partial charge in [-0.3, -0.25) is 4.98 Å². The second-order valence-electron chi connectivity index (χ2n) is 10.0. The van der Waals surface area contributed by atoms with E-state index in [9.17, 15) is 14.7 Å². The van der Waals surface area contributed by atoms with Crippen molar-refractivity contribution in [2.24, 2.45) is 0 Å². The Bertz CT molecular complexity index is 744. The molecule has 2 amide bonds. The minimum absolute atomic E-state index is 0.0109. The molecule has 180 valence electrons. The van der Waals surface area contributed by atoms with Gasteiger partial charge in [-0.1, -0.05) is 0 Å². The number of aromatic nitrogens is 1. The molecular formula is C23H37N3O6. The van der Waals surface area contributed by atoms with Crippen molar-refractivity contribution in [1.82, 2.24) is 14.8 Å². The van der Waals surface area contributed by atoms with Crippen LogP contribution in [0.25, 0.3) is 0 Å². The average molecular weight is 452 g/mol. The van der Waals surface area contributed by atoms with E-state index in [2.05, 4.69) is 4.98 Å². The molecule has 2 saturated heterocycles. The number of β-amino-alcohol motifs (C(OH)–C–C–N with tert-alkyl or cyclic N) is 1. The summed E-state index contributed by atoms with van der Waals surface area (Å²) in [5.41, 5.74) is -0.913. The van der Waals surface area contributed by atoms with Crippen LogP contribution in [0.2, 0.25) is 0 Å². The second-order valence-corrected chi connectivity index (χ2v) is 10.0. The molecule has 0 spiro atoms. The van der Waals surface area contributed by atoms with Crippen LogP contribution in [-0.2, 0) is 9.47 Å². The fourth-order valence-corrected chi connectivity index (χ4v) is 3.16. The van der Waals surface area contributed by atoms with Crippen LogP contribution in [-0.4, -0.2) is 81.7 Å². The Kier molecular flexibility index (Phi) is 8.72. The number of hydrogen-bond acceptors (Lipinski definition) is 7. The Morgan fingerprint density at radius 2 is 1.53 bits per heavy atom. The molecule has 9 nitrogen and oxygen atoms in total. The van der Waals surface area contributed by atoms with Crippen LogP contribution in [0, 0.1) is 0 Å². The summed E-state index contributed by atoms with van der Waals surface area (Å²) in [4.78, 5) is 30.5. The Morgan fingerprint density at radius 1 is 0.969 bits per heavy atom. The summed E-state index contributed by atoms with van der Waals surface area (Å²) in [6.07, 6.45) is 3.87. The summed E-state index contributed by atoms with van der Waals surface area (Å²) in [6, 6.07) is 3.69. The molecule has 2 fully saturated rings. The molecule has 3 rings (SSSR count). The topological polar surface area (TPSA) is 101 Å². The molecule has 2 unspecified atom stereocenters. The van der Waals surface area contributed by atoms with Crippen molar-refractivity contribution in [3.05, 3.63) is 24.5 Å². The van der Waals surface area contributed by atoms with E-state index in [0.29, 0.717) is 32.6 Å².